The third kappa shape index (κ3) is 5.73. The second-order valence-electron chi connectivity index (χ2n) is 8.94. The summed E-state index contributed by atoms with van der Waals surface area (Å²) in [5, 5.41) is 8.40. The molecule has 0 bridgehead atoms. The highest BCUT2D eigenvalue weighted by atomic mass is 32.2. The number of allylic oxidation sites excluding steroid dienone is 2. The average molecular weight is 478 g/mol. The molecule has 2 aliphatic rings. The van der Waals surface area contributed by atoms with Gasteiger partial charge in [0.15, 0.2) is 15.6 Å². The second-order valence-corrected chi connectivity index (χ2v) is 12.1. The number of ketones is 1. The molecule has 32 heavy (non-hydrogen) atoms. The summed E-state index contributed by atoms with van der Waals surface area (Å²) < 4.78 is 31.1. The molecular weight excluding hydrogens is 446 g/mol. The van der Waals surface area contributed by atoms with Crippen molar-refractivity contribution in [2.45, 2.75) is 70.6 Å². The molecule has 174 valence electrons. The Labute approximate surface area is 194 Å². The molecule has 1 atom stereocenters. The molecule has 0 N–H and O–H groups in total. The van der Waals surface area contributed by atoms with Gasteiger partial charge in [0, 0.05) is 29.9 Å². The zero-order valence-corrected chi connectivity index (χ0v) is 20.4. The molecule has 0 aromatic carbocycles. The largest absolute Gasteiger partial charge is 0.416 e. The van der Waals surface area contributed by atoms with E-state index in [0.717, 1.165) is 29.9 Å². The molecule has 9 heteroatoms. The first-order valence-electron chi connectivity index (χ1n) is 11.3. The van der Waals surface area contributed by atoms with Gasteiger partial charge in [-0.15, -0.1) is 10.2 Å². The Morgan fingerprint density at radius 3 is 2.84 bits per heavy atom. The van der Waals surface area contributed by atoms with E-state index in [9.17, 15) is 13.2 Å². The molecule has 7 nitrogen and oxygen atoms in total. The van der Waals surface area contributed by atoms with E-state index in [4.69, 9.17) is 4.42 Å². The normalized spacial score (nSPS) is 20.4. The van der Waals surface area contributed by atoms with Crippen LogP contribution in [0.4, 0.5) is 0 Å². The van der Waals surface area contributed by atoms with Gasteiger partial charge in [-0.1, -0.05) is 23.4 Å². The number of Topliss-reactive ketones (excluding diaryl/α,β-unsaturated/α-hetero) is 1. The molecule has 1 aliphatic carbocycles. The minimum Gasteiger partial charge on any atom is -0.416 e. The van der Waals surface area contributed by atoms with E-state index in [1.54, 1.807) is 0 Å². The minimum absolute atomic E-state index is 0.0368. The van der Waals surface area contributed by atoms with E-state index in [1.165, 1.54) is 43.0 Å². The molecule has 0 radical (unpaired) electrons. The van der Waals surface area contributed by atoms with Crippen LogP contribution in [0.5, 0.6) is 0 Å². The highest BCUT2D eigenvalue weighted by molar-refractivity contribution is 7.99. The lowest BCUT2D eigenvalue weighted by Gasteiger charge is -2.15. The number of thioether (sulfide) groups is 1. The molecule has 1 fully saturated rings. The Kier molecular flexibility index (Phi) is 7.24. The summed E-state index contributed by atoms with van der Waals surface area (Å²) in [6.45, 7) is 4.98. The van der Waals surface area contributed by atoms with Gasteiger partial charge in [0.2, 0.25) is 5.89 Å². The van der Waals surface area contributed by atoms with Crippen molar-refractivity contribution in [1.29, 1.82) is 0 Å². The SMILES string of the molecule is Cc1cc(C(=O)CSc2nnc(CC3CCS(=O)(=O)C3)o2)c(C)n1CCC1=CCCCC1. The zero-order chi connectivity index (χ0) is 22.7. The highest BCUT2D eigenvalue weighted by Gasteiger charge is 2.29. The zero-order valence-electron chi connectivity index (χ0n) is 18.8. The van der Waals surface area contributed by atoms with Gasteiger partial charge in [0.05, 0.1) is 17.3 Å². The van der Waals surface area contributed by atoms with Crippen molar-refractivity contribution in [1.82, 2.24) is 14.8 Å². The third-order valence-electron chi connectivity index (χ3n) is 6.48. The van der Waals surface area contributed by atoms with E-state index in [-0.39, 0.29) is 29.0 Å². The van der Waals surface area contributed by atoms with Crippen molar-refractivity contribution < 1.29 is 17.6 Å². The summed E-state index contributed by atoms with van der Waals surface area (Å²) in [5.74, 6) is 1.18. The first-order valence-corrected chi connectivity index (χ1v) is 14.1. The van der Waals surface area contributed by atoms with Crippen molar-refractivity contribution in [2.24, 2.45) is 5.92 Å². The smallest absolute Gasteiger partial charge is 0.277 e. The number of sulfone groups is 1. The van der Waals surface area contributed by atoms with Crippen LogP contribution in [0.2, 0.25) is 0 Å². The monoisotopic (exact) mass is 477 g/mol. The maximum absolute atomic E-state index is 12.9. The van der Waals surface area contributed by atoms with Crippen LogP contribution in [-0.4, -0.2) is 46.2 Å². The summed E-state index contributed by atoms with van der Waals surface area (Å²) in [6, 6.07) is 1.98. The summed E-state index contributed by atoms with van der Waals surface area (Å²) >= 11 is 1.24. The van der Waals surface area contributed by atoms with Gasteiger partial charge in [-0.05, 0) is 64.4 Å². The van der Waals surface area contributed by atoms with Crippen LogP contribution >= 0.6 is 11.8 Å². The Morgan fingerprint density at radius 2 is 2.12 bits per heavy atom. The molecule has 2 aromatic heterocycles. The average Bonchev–Trinajstić information content (AvgIpc) is 3.43. The van der Waals surface area contributed by atoms with E-state index in [2.05, 4.69) is 27.8 Å². The Balaban J connectivity index is 1.31. The van der Waals surface area contributed by atoms with E-state index < -0.39 is 9.84 Å². The molecule has 3 heterocycles. The fourth-order valence-corrected chi connectivity index (χ4v) is 7.20. The number of aryl methyl sites for hydroxylation is 1. The van der Waals surface area contributed by atoms with Gasteiger partial charge >= 0.3 is 0 Å². The molecule has 2 aromatic rings. The standard InChI is InChI=1S/C23H31N3O4S2/c1-16-12-20(17(2)26(16)10-8-18-6-4-3-5-7-18)21(27)14-31-23-25-24-22(30-23)13-19-9-11-32(28,29)15-19/h6,12,19H,3-5,7-11,13-15H2,1-2H3. The Bertz CT molecular complexity index is 1110. The maximum atomic E-state index is 12.9. The lowest BCUT2D eigenvalue weighted by molar-refractivity contribution is 0.102. The molecule has 0 spiro atoms. The maximum Gasteiger partial charge on any atom is 0.277 e. The summed E-state index contributed by atoms with van der Waals surface area (Å²) in [5.41, 5.74) is 4.41. The van der Waals surface area contributed by atoms with E-state index in [1.807, 2.05) is 13.0 Å². The molecule has 4 rings (SSSR count). The summed E-state index contributed by atoms with van der Waals surface area (Å²) in [7, 11) is -2.92. The number of carbonyl (C=O) groups excluding carboxylic acids is 1. The first kappa shape index (κ1) is 23.3. The van der Waals surface area contributed by atoms with Crippen molar-refractivity contribution >= 4 is 27.4 Å². The van der Waals surface area contributed by atoms with Crippen LogP contribution in [-0.2, 0) is 22.8 Å². The number of carbonyl (C=O) groups is 1. The number of hydrogen-bond donors (Lipinski definition) is 0. The van der Waals surface area contributed by atoms with Crippen LogP contribution in [0.25, 0.3) is 0 Å². The molecule has 1 aliphatic heterocycles. The predicted octanol–water partition coefficient (Wildman–Crippen LogP) is 4.33. The van der Waals surface area contributed by atoms with Crippen molar-refractivity contribution in [3.8, 4) is 0 Å². The molecular formula is C23H31N3O4S2. The van der Waals surface area contributed by atoms with E-state index >= 15 is 0 Å². The molecule has 0 amide bonds. The van der Waals surface area contributed by atoms with E-state index in [0.29, 0.717) is 24.0 Å². The first-order chi connectivity index (χ1) is 15.3. The quantitative estimate of drug-likeness (QED) is 0.301. The van der Waals surface area contributed by atoms with Crippen LogP contribution < -0.4 is 0 Å². The summed E-state index contributed by atoms with van der Waals surface area (Å²) in [6.07, 6.45) is 9.51. The topological polar surface area (TPSA) is 95.1 Å². The number of hydrogen-bond acceptors (Lipinski definition) is 7. The fourth-order valence-electron chi connectivity index (χ4n) is 4.68. The summed E-state index contributed by atoms with van der Waals surface area (Å²) in [4.78, 5) is 12.9. The van der Waals surface area contributed by atoms with Gasteiger partial charge in [-0.2, -0.15) is 0 Å². The predicted molar refractivity (Wildman–Crippen MR) is 125 cm³/mol. The molecule has 0 saturated carbocycles. The van der Waals surface area contributed by atoms with Crippen LogP contribution in [0, 0.1) is 19.8 Å². The lowest BCUT2D eigenvalue weighted by Crippen LogP contribution is -2.08. The van der Waals surface area contributed by atoms with Crippen LogP contribution in [0.15, 0.2) is 27.4 Å². The van der Waals surface area contributed by atoms with Gasteiger partial charge in [-0.25, -0.2) is 8.42 Å². The number of nitrogens with zero attached hydrogens (tertiary/aromatic N) is 3. The van der Waals surface area contributed by atoms with Gasteiger partial charge in [0.1, 0.15) is 0 Å². The minimum atomic E-state index is -2.92. The van der Waals surface area contributed by atoms with Crippen LogP contribution in [0.3, 0.4) is 0 Å². The van der Waals surface area contributed by atoms with Crippen LogP contribution in [0.1, 0.15) is 66.2 Å². The number of rotatable bonds is 9. The Hall–Kier alpha value is -1.87. The molecule has 1 unspecified atom stereocenters. The van der Waals surface area contributed by atoms with Crippen molar-refractivity contribution in [3.63, 3.8) is 0 Å². The third-order valence-corrected chi connectivity index (χ3v) is 9.14. The van der Waals surface area contributed by atoms with Gasteiger partial charge in [0.25, 0.3) is 5.22 Å². The highest BCUT2D eigenvalue weighted by Crippen LogP contribution is 2.26. The molecule has 1 saturated heterocycles. The lowest BCUT2D eigenvalue weighted by atomic mass is 9.97. The van der Waals surface area contributed by atoms with Crippen molar-refractivity contribution in [3.05, 3.63) is 40.6 Å². The fraction of sp³-hybridized carbons (Fsp3) is 0.609. The van der Waals surface area contributed by atoms with Gasteiger partial charge in [-0.3, -0.25) is 4.79 Å². The Morgan fingerprint density at radius 1 is 1.28 bits per heavy atom. The van der Waals surface area contributed by atoms with Gasteiger partial charge < -0.3 is 8.98 Å². The van der Waals surface area contributed by atoms with Crippen molar-refractivity contribution in [2.75, 3.05) is 17.3 Å². The second kappa shape index (κ2) is 9.95. The number of aromatic nitrogens is 3.